The topological polar surface area (TPSA) is 102 Å². The molecule has 1 aliphatic rings. The van der Waals surface area contributed by atoms with E-state index in [2.05, 4.69) is 10.3 Å². The summed E-state index contributed by atoms with van der Waals surface area (Å²) in [6.45, 7) is 0.178. The van der Waals surface area contributed by atoms with Crippen molar-refractivity contribution in [1.82, 2.24) is 15.2 Å². The average Bonchev–Trinajstić information content (AvgIpc) is 3.46. The lowest BCUT2D eigenvalue weighted by Crippen LogP contribution is -2.47. The third-order valence-corrected chi connectivity index (χ3v) is 8.34. The molecule has 0 spiro atoms. The van der Waals surface area contributed by atoms with E-state index in [0.29, 0.717) is 28.6 Å². The minimum absolute atomic E-state index is 0.0446. The first-order valence-corrected chi connectivity index (χ1v) is 15.0. The number of para-hydroxylation sites is 1. The highest BCUT2D eigenvalue weighted by Crippen LogP contribution is 2.41. The Morgan fingerprint density at radius 3 is 2.30 bits per heavy atom. The Bertz CT molecular complexity index is 1570. The molecule has 2 N–H and O–H groups in total. The molecule has 1 heterocycles. The second kappa shape index (κ2) is 14.2. The zero-order valence-electron chi connectivity index (χ0n) is 25.9. The molecular weight excluding hydrogens is 558 g/mol. The van der Waals surface area contributed by atoms with E-state index in [1.165, 1.54) is 21.3 Å². The molecule has 9 nitrogen and oxygen atoms in total. The van der Waals surface area contributed by atoms with Crippen molar-refractivity contribution in [3.63, 3.8) is 0 Å². The third kappa shape index (κ3) is 6.77. The predicted octanol–water partition coefficient (Wildman–Crippen LogP) is 5.96. The summed E-state index contributed by atoms with van der Waals surface area (Å²) in [5, 5.41) is 4.25. The first-order chi connectivity index (χ1) is 21.4. The molecule has 232 valence electrons. The van der Waals surface area contributed by atoms with Gasteiger partial charge in [-0.15, -0.1) is 0 Å². The monoisotopic (exact) mass is 599 g/mol. The lowest BCUT2D eigenvalue weighted by Gasteiger charge is -2.34. The maximum atomic E-state index is 14.5. The normalized spacial score (nSPS) is 14.1. The number of nitrogens with zero attached hydrogens (tertiary/aromatic N) is 1. The summed E-state index contributed by atoms with van der Waals surface area (Å²) in [5.41, 5.74) is 3.20. The number of aromatic amines is 1. The Morgan fingerprint density at radius 1 is 0.886 bits per heavy atom. The van der Waals surface area contributed by atoms with Crippen LogP contribution in [0, 0.1) is 0 Å². The van der Waals surface area contributed by atoms with E-state index < -0.39 is 6.04 Å². The van der Waals surface area contributed by atoms with Gasteiger partial charge in [0.1, 0.15) is 11.8 Å². The molecular formula is C35H41N3O6. The standard InChI is InChI=1S/C35H41N3O6/c1-41-27-14-10-11-23(17-27)22-38(32(39)20-25-21-36-29-16-9-8-15-28(25)29)33(35(40)37-26-12-6-5-7-13-26)24-18-30(42-2)34(44-4)31(19-24)43-3/h8-11,14-19,21,26,33,36H,5-7,12-13,20,22H2,1-4H3,(H,37,40)/t33-/m1/s1. The van der Waals surface area contributed by atoms with Gasteiger partial charge in [0.15, 0.2) is 11.5 Å². The number of carbonyl (C=O) groups excluding carboxylic acids is 2. The zero-order chi connectivity index (χ0) is 31.1. The molecule has 4 aromatic rings. The molecule has 44 heavy (non-hydrogen) atoms. The number of H-pyrrole nitrogens is 1. The van der Waals surface area contributed by atoms with Gasteiger partial charge < -0.3 is 34.1 Å². The fourth-order valence-corrected chi connectivity index (χ4v) is 6.09. The van der Waals surface area contributed by atoms with Crippen LogP contribution < -0.4 is 24.3 Å². The molecule has 0 bridgehead atoms. The number of methoxy groups -OCH3 is 4. The van der Waals surface area contributed by atoms with Crippen LogP contribution in [0.15, 0.2) is 66.9 Å². The van der Waals surface area contributed by atoms with Gasteiger partial charge in [0.25, 0.3) is 0 Å². The largest absolute Gasteiger partial charge is 0.497 e. The van der Waals surface area contributed by atoms with Gasteiger partial charge in [-0.3, -0.25) is 9.59 Å². The van der Waals surface area contributed by atoms with Crippen LogP contribution in [-0.4, -0.2) is 56.2 Å². The van der Waals surface area contributed by atoms with Gasteiger partial charge in [0.2, 0.25) is 17.6 Å². The highest BCUT2D eigenvalue weighted by atomic mass is 16.5. The number of hydrogen-bond acceptors (Lipinski definition) is 6. The second-order valence-electron chi connectivity index (χ2n) is 11.1. The molecule has 0 aliphatic heterocycles. The molecule has 3 aromatic carbocycles. The highest BCUT2D eigenvalue weighted by Gasteiger charge is 2.35. The summed E-state index contributed by atoms with van der Waals surface area (Å²) in [5.74, 6) is 1.44. The van der Waals surface area contributed by atoms with Crippen LogP contribution in [0.2, 0.25) is 0 Å². The van der Waals surface area contributed by atoms with E-state index in [1.807, 2.05) is 54.7 Å². The molecule has 0 unspecified atom stereocenters. The fraction of sp³-hybridized carbons (Fsp3) is 0.371. The van der Waals surface area contributed by atoms with E-state index in [0.717, 1.165) is 54.1 Å². The van der Waals surface area contributed by atoms with Gasteiger partial charge in [0, 0.05) is 29.7 Å². The summed E-state index contributed by atoms with van der Waals surface area (Å²) in [4.78, 5) is 33.8. The Hall–Kier alpha value is -4.66. The lowest BCUT2D eigenvalue weighted by molar-refractivity contribution is -0.141. The van der Waals surface area contributed by atoms with Crippen LogP contribution in [0.3, 0.4) is 0 Å². The van der Waals surface area contributed by atoms with Crippen LogP contribution >= 0.6 is 0 Å². The van der Waals surface area contributed by atoms with Crippen molar-refractivity contribution in [2.45, 2.75) is 57.2 Å². The van der Waals surface area contributed by atoms with Gasteiger partial charge in [0.05, 0.1) is 34.9 Å². The van der Waals surface area contributed by atoms with Crippen molar-refractivity contribution in [2.75, 3.05) is 28.4 Å². The number of benzene rings is 3. The molecule has 5 rings (SSSR count). The summed E-state index contributed by atoms with van der Waals surface area (Å²) in [6.07, 6.45) is 7.07. The number of carbonyl (C=O) groups is 2. The van der Waals surface area contributed by atoms with Gasteiger partial charge in [-0.1, -0.05) is 49.6 Å². The molecule has 1 atom stereocenters. The minimum Gasteiger partial charge on any atom is -0.497 e. The number of aromatic nitrogens is 1. The van der Waals surface area contributed by atoms with Crippen molar-refractivity contribution in [3.05, 3.63) is 83.6 Å². The van der Waals surface area contributed by atoms with Gasteiger partial charge in [-0.25, -0.2) is 0 Å². The quantitative estimate of drug-likeness (QED) is 0.208. The Balaban J connectivity index is 1.61. The van der Waals surface area contributed by atoms with Crippen molar-refractivity contribution in [3.8, 4) is 23.0 Å². The van der Waals surface area contributed by atoms with Crippen LogP contribution in [-0.2, 0) is 22.6 Å². The van der Waals surface area contributed by atoms with Crippen molar-refractivity contribution in [2.24, 2.45) is 0 Å². The number of amides is 2. The zero-order valence-corrected chi connectivity index (χ0v) is 25.9. The van der Waals surface area contributed by atoms with Crippen molar-refractivity contribution in [1.29, 1.82) is 0 Å². The Morgan fingerprint density at radius 2 is 1.61 bits per heavy atom. The fourth-order valence-electron chi connectivity index (χ4n) is 6.09. The molecule has 1 aromatic heterocycles. The average molecular weight is 600 g/mol. The van der Waals surface area contributed by atoms with E-state index in [9.17, 15) is 9.59 Å². The van der Waals surface area contributed by atoms with Gasteiger partial charge >= 0.3 is 0 Å². The Labute approximate surface area is 258 Å². The van der Waals surface area contributed by atoms with Crippen LogP contribution in [0.4, 0.5) is 0 Å². The van der Waals surface area contributed by atoms with E-state index in [4.69, 9.17) is 18.9 Å². The summed E-state index contributed by atoms with van der Waals surface area (Å²) >= 11 is 0. The number of hydrogen-bond donors (Lipinski definition) is 2. The lowest BCUT2D eigenvalue weighted by atomic mass is 9.94. The van der Waals surface area contributed by atoms with Gasteiger partial charge in [-0.2, -0.15) is 0 Å². The predicted molar refractivity (Wildman–Crippen MR) is 169 cm³/mol. The molecule has 0 saturated heterocycles. The second-order valence-corrected chi connectivity index (χ2v) is 11.1. The third-order valence-electron chi connectivity index (χ3n) is 8.34. The summed E-state index contributed by atoms with van der Waals surface area (Å²) in [6, 6.07) is 18.0. The smallest absolute Gasteiger partial charge is 0.247 e. The van der Waals surface area contributed by atoms with E-state index in [-0.39, 0.29) is 30.8 Å². The molecule has 9 heteroatoms. The van der Waals surface area contributed by atoms with Crippen LogP contribution in [0.5, 0.6) is 23.0 Å². The van der Waals surface area contributed by atoms with E-state index >= 15 is 0 Å². The first kappa shape index (κ1) is 30.8. The number of rotatable bonds is 12. The van der Waals surface area contributed by atoms with Crippen LogP contribution in [0.1, 0.15) is 54.8 Å². The SMILES string of the molecule is COc1cccc(CN(C(=O)Cc2c[nH]c3ccccc23)[C@@H](C(=O)NC2CCCCC2)c2cc(OC)c(OC)c(OC)c2)c1. The maximum Gasteiger partial charge on any atom is 0.247 e. The summed E-state index contributed by atoms with van der Waals surface area (Å²) in [7, 11) is 6.21. The highest BCUT2D eigenvalue weighted by molar-refractivity contribution is 5.92. The summed E-state index contributed by atoms with van der Waals surface area (Å²) < 4.78 is 22.4. The number of ether oxygens (including phenoxy) is 4. The van der Waals surface area contributed by atoms with Gasteiger partial charge in [-0.05, 0) is 59.9 Å². The molecule has 2 amide bonds. The number of fused-ring (bicyclic) bond motifs is 1. The van der Waals surface area contributed by atoms with Crippen molar-refractivity contribution >= 4 is 22.7 Å². The molecule has 1 fully saturated rings. The molecule has 1 aliphatic carbocycles. The van der Waals surface area contributed by atoms with Crippen molar-refractivity contribution < 1.29 is 28.5 Å². The van der Waals surface area contributed by atoms with Crippen LogP contribution in [0.25, 0.3) is 10.9 Å². The first-order valence-electron chi connectivity index (χ1n) is 15.0. The molecule has 1 saturated carbocycles. The number of nitrogens with one attached hydrogen (secondary N) is 2. The maximum absolute atomic E-state index is 14.5. The molecule has 0 radical (unpaired) electrons. The van der Waals surface area contributed by atoms with E-state index in [1.54, 1.807) is 24.1 Å². The minimum atomic E-state index is -0.977. The Kier molecular flexibility index (Phi) is 9.94.